The Morgan fingerprint density at radius 2 is 1.72 bits per heavy atom. The maximum absolute atomic E-state index is 4.42. The van der Waals surface area contributed by atoms with Gasteiger partial charge in [0.1, 0.15) is 11.6 Å². The number of rotatable bonds is 9. The van der Waals surface area contributed by atoms with Crippen LogP contribution in [0, 0.1) is 0 Å². The first-order chi connectivity index (χ1) is 8.80. The standard InChI is InChI=1S/C13H25N5/c1-4-15-12-10-14-11-13(17-12)16-8-7-9-18(5-2)6-3/h10-11H,4-9H2,1-3H3,(H2,15,16,17). The van der Waals surface area contributed by atoms with Crippen molar-refractivity contribution in [1.29, 1.82) is 0 Å². The molecule has 1 aromatic heterocycles. The van der Waals surface area contributed by atoms with Crippen molar-refractivity contribution in [2.75, 3.05) is 43.4 Å². The van der Waals surface area contributed by atoms with Crippen molar-refractivity contribution in [3.05, 3.63) is 12.4 Å². The van der Waals surface area contributed by atoms with Crippen LogP contribution in [0.2, 0.25) is 0 Å². The van der Waals surface area contributed by atoms with Crippen LogP contribution in [-0.4, -0.2) is 47.6 Å². The molecule has 1 rings (SSSR count). The highest BCUT2D eigenvalue weighted by molar-refractivity contribution is 5.41. The monoisotopic (exact) mass is 251 g/mol. The molecule has 0 aromatic carbocycles. The summed E-state index contributed by atoms with van der Waals surface area (Å²) in [7, 11) is 0. The van der Waals surface area contributed by atoms with Crippen LogP contribution in [0.25, 0.3) is 0 Å². The molecule has 18 heavy (non-hydrogen) atoms. The lowest BCUT2D eigenvalue weighted by atomic mass is 10.3. The maximum Gasteiger partial charge on any atom is 0.146 e. The Morgan fingerprint density at radius 1 is 1.06 bits per heavy atom. The van der Waals surface area contributed by atoms with Crippen LogP contribution < -0.4 is 10.6 Å². The fourth-order valence-electron chi connectivity index (χ4n) is 1.78. The smallest absolute Gasteiger partial charge is 0.146 e. The van der Waals surface area contributed by atoms with Gasteiger partial charge in [0, 0.05) is 13.1 Å². The minimum absolute atomic E-state index is 0.825. The molecule has 0 unspecified atom stereocenters. The van der Waals surface area contributed by atoms with E-state index in [2.05, 4.69) is 39.3 Å². The average Bonchev–Trinajstić information content (AvgIpc) is 2.40. The number of anilines is 2. The van der Waals surface area contributed by atoms with Gasteiger partial charge >= 0.3 is 0 Å². The predicted octanol–water partition coefficient (Wildman–Crippen LogP) is 2.05. The van der Waals surface area contributed by atoms with Crippen LogP contribution in [-0.2, 0) is 0 Å². The molecule has 0 amide bonds. The van der Waals surface area contributed by atoms with Gasteiger partial charge in [-0.2, -0.15) is 0 Å². The fourth-order valence-corrected chi connectivity index (χ4v) is 1.78. The summed E-state index contributed by atoms with van der Waals surface area (Å²) in [5.74, 6) is 1.67. The topological polar surface area (TPSA) is 53.1 Å². The quantitative estimate of drug-likeness (QED) is 0.658. The van der Waals surface area contributed by atoms with Gasteiger partial charge in [0.05, 0.1) is 12.4 Å². The predicted molar refractivity (Wildman–Crippen MR) is 77.1 cm³/mol. The minimum atomic E-state index is 0.825. The molecule has 102 valence electrons. The van der Waals surface area contributed by atoms with Gasteiger partial charge < -0.3 is 15.5 Å². The molecule has 0 spiro atoms. The highest BCUT2D eigenvalue weighted by Crippen LogP contribution is 2.06. The summed E-state index contributed by atoms with van der Waals surface area (Å²) in [5.41, 5.74) is 0. The van der Waals surface area contributed by atoms with E-state index in [1.807, 2.05) is 6.92 Å². The third kappa shape index (κ3) is 5.31. The lowest BCUT2D eigenvalue weighted by Crippen LogP contribution is -2.25. The first kappa shape index (κ1) is 14.7. The van der Waals surface area contributed by atoms with Gasteiger partial charge in [0.2, 0.25) is 0 Å². The molecule has 5 heteroatoms. The van der Waals surface area contributed by atoms with E-state index < -0.39 is 0 Å². The molecule has 0 aliphatic carbocycles. The average molecular weight is 251 g/mol. The lowest BCUT2D eigenvalue weighted by Gasteiger charge is -2.17. The van der Waals surface area contributed by atoms with Crippen molar-refractivity contribution < 1.29 is 0 Å². The lowest BCUT2D eigenvalue weighted by molar-refractivity contribution is 0.303. The number of hydrogen-bond acceptors (Lipinski definition) is 5. The van der Waals surface area contributed by atoms with E-state index in [0.29, 0.717) is 0 Å². The van der Waals surface area contributed by atoms with Gasteiger partial charge in [0.25, 0.3) is 0 Å². The molecule has 0 saturated carbocycles. The van der Waals surface area contributed by atoms with Gasteiger partial charge in [-0.05, 0) is 33.0 Å². The summed E-state index contributed by atoms with van der Waals surface area (Å²) in [6, 6.07) is 0. The van der Waals surface area contributed by atoms with E-state index >= 15 is 0 Å². The summed E-state index contributed by atoms with van der Waals surface area (Å²) in [4.78, 5) is 11.0. The molecule has 1 heterocycles. The third-order valence-corrected chi connectivity index (χ3v) is 2.84. The number of nitrogens with zero attached hydrogens (tertiary/aromatic N) is 3. The van der Waals surface area contributed by atoms with E-state index in [0.717, 1.165) is 50.8 Å². The van der Waals surface area contributed by atoms with Crippen molar-refractivity contribution in [2.24, 2.45) is 0 Å². The normalized spacial score (nSPS) is 10.7. The van der Waals surface area contributed by atoms with Crippen LogP contribution in [0.5, 0.6) is 0 Å². The van der Waals surface area contributed by atoms with Crippen molar-refractivity contribution in [3.8, 4) is 0 Å². The Labute approximate surface area is 110 Å². The van der Waals surface area contributed by atoms with Crippen molar-refractivity contribution in [3.63, 3.8) is 0 Å². The SMILES string of the molecule is CCNc1cncc(NCCCN(CC)CC)n1. The summed E-state index contributed by atoms with van der Waals surface area (Å²) in [6.45, 7) is 11.6. The van der Waals surface area contributed by atoms with Crippen molar-refractivity contribution >= 4 is 11.6 Å². The number of nitrogens with one attached hydrogen (secondary N) is 2. The summed E-state index contributed by atoms with van der Waals surface area (Å²) < 4.78 is 0. The molecule has 0 bridgehead atoms. The van der Waals surface area contributed by atoms with Crippen LogP contribution >= 0.6 is 0 Å². The van der Waals surface area contributed by atoms with Crippen LogP contribution in [0.4, 0.5) is 11.6 Å². The molecule has 0 aliphatic heterocycles. The van der Waals surface area contributed by atoms with Gasteiger partial charge in [0.15, 0.2) is 0 Å². The third-order valence-electron chi connectivity index (χ3n) is 2.84. The fraction of sp³-hybridized carbons (Fsp3) is 0.692. The van der Waals surface area contributed by atoms with Crippen LogP contribution in [0.15, 0.2) is 12.4 Å². The Balaban J connectivity index is 2.28. The van der Waals surface area contributed by atoms with Gasteiger partial charge in [-0.25, -0.2) is 4.98 Å². The molecule has 0 fully saturated rings. The van der Waals surface area contributed by atoms with Gasteiger partial charge in [-0.15, -0.1) is 0 Å². The summed E-state index contributed by atoms with van der Waals surface area (Å²) >= 11 is 0. The second-order valence-corrected chi connectivity index (χ2v) is 4.13. The Morgan fingerprint density at radius 3 is 2.33 bits per heavy atom. The molecule has 0 atom stereocenters. The Hall–Kier alpha value is -1.36. The number of hydrogen-bond donors (Lipinski definition) is 2. The minimum Gasteiger partial charge on any atom is -0.369 e. The van der Waals surface area contributed by atoms with Crippen LogP contribution in [0.3, 0.4) is 0 Å². The molecular formula is C13H25N5. The molecule has 5 nitrogen and oxygen atoms in total. The Kier molecular flexibility index (Phi) is 7.10. The van der Waals surface area contributed by atoms with Crippen molar-refractivity contribution in [2.45, 2.75) is 27.2 Å². The molecular weight excluding hydrogens is 226 g/mol. The second kappa shape index (κ2) is 8.69. The zero-order chi connectivity index (χ0) is 13.2. The molecule has 0 radical (unpaired) electrons. The first-order valence-corrected chi connectivity index (χ1v) is 6.82. The van der Waals surface area contributed by atoms with Gasteiger partial charge in [-0.3, -0.25) is 4.98 Å². The summed E-state index contributed by atoms with van der Waals surface area (Å²) in [6.07, 6.45) is 4.62. The molecule has 1 aromatic rings. The van der Waals surface area contributed by atoms with E-state index in [9.17, 15) is 0 Å². The highest BCUT2D eigenvalue weighted by atomic mass is 15.1. The second-order valence-electron chi connectivity index (χ2n) is 4.13. The number of aromatic nitrogens is 2. The van der Waals surface area contributed by atoms with E-state index in [-0.39, 0.29) is 0 Å². The molecule has 0 aliphatic rings. The zero-order valence-corrected chi connectivity index (χ0v) is 11.7. The maximum atomic E-state index is 4.42. The summed E-state index contributed by atoms with van der Waals surface area (Å²) in [5, 5.41) is 6.46. The van der Waals surface area contributed by atoms with Crippen molar-refractivity contribution in [1.82, 2.24) is 14.9 Å². The first-order valence-electron chi connectivity index (χ1n) is 6.82. The zero-order valence-electron chi connectivity index (χ0n) is 11.7. The van der Waals surface area contributed by atoms with E-state index in [1.54, 1.807) is 12.4 Å². The molecule has 0 saturated heterocycles. The van der Waals surface area contributed by atoms with Gasteiger partial charge in [-0.1, -0.05) is 13.8 Å². The largest absolute Gasteiger partial charge is 0.369 e. The Bertz CT molecular complexity index is 325. The highest BCUT2D eigenvalue weighted by Gasteiger charge is 1.99. The molecule has 2 N–H and O–H groups in total. The van der Waals surface area contributed by atoms with Crippen LogP contribution in [0.1, 0.15) is 27.2 Å². The van der Waals surface area contributed by atoms with E-state index in [1.165, 1.54) is 0 Å². The van der Waals surface area contributed by atoms with E-state index in [4.69, 9.17) is 0 Å².